The van der Waals surface area contributed by atoms with E-state index in [1.54, 1.807) is 23.1 Å². The molecule has 0 aliphatic rings. The molecule has 2 aromatic heterocycles. The first kappa shape index (κ1) is 12.1. The maximum Gasteiger partial charge on any atom is 0.354 e. The molecule has 2 aromatic rings. The topological polar surface area (TPSA) is 77.2 Å². The van der Waals surface area contributed by atoms with E-state index in [9.17, 15) is 4.79 Å². The third kappa shape index (κ3) is 2.85. The zero-order valence-electron chi connectivity index (χ0n) is 9.91. The second-order valence-electron chi connectivity index (χ2n) is 3.72. The summed E-state index contributed by atoms with van der Waals surface area (Å²) in [5, 5.41) is 12.9. The Labute approximate surface area is 104 Å². The van der Waals surface area contributed by atoms with Crippen molar-refractivity contribution < 1.29 is 14.6 Å². The lowest BCUT2D eigenvalue weighted by Gasteiger charge is -2.02. The molecule has 0 radical (unpaired) electrons. The van der Waals surface area contributed by atoms with Gasteiger partial charge in [0.2, 0.25) is 0 Å². The molecule has 0 saturated heterocycles. The van der Waals surface area contributed by atoms with Crippen molar-refractivity contribution in [3.63, 3.8) is 0 Å². The lowest BCUT2D eigenvalue weighted by atomic mass is 10.3. The van der Waals surface area contributed by atoms with Gasteiger partial charge in [-0.3, -0.25) is 4.68 Å². The molecule has 0 aliphatic carbocycles. The summed E-state index contributed by atoms with van der Waals surface area (Å²) >= 11 is 0. The van der Waals surface area contributed by atoms with Gasteiger partial charge >= 0.3 is 5.97 Å². The first-order valence-electron chi connectivity index (χ1n) is 5.58. The van der Waals surface area contributed by atoms with Gasteiger partial charge in [0.25, 0.3) is 0 Å². The maximum absolute atomic E-state index is 10.8. The van der Waals surface area contributed by atoms with Gasteiger partial charge in [-0.05, 0) is 12.5 Å². The predicted molar refractivity (Wildman–Crippen MR) is 63.8 cm³/mol. The Hall–Kier alpha value is -2.37. The molecule has 0 saturated carbocycles. The van der Waals surface area contributed by atoms with Gasteiger partial charge < -0.3 is 9.84 Å². The van der Waals surface area contributed by atoms with E-state index >= 15 is 0 Å². The molecule has 6 heteroatoms. The average Bonchev–Trinajstić information content (AvgIpc) is 2.77. The highest BCUT2D eigenvalue weighted by Crippen LogP contribution is 2.20. The van der Waals surface area contributed by atoms with Crippen molar-refractivity contribution in [2.75, 3.05) is 0 Å². The van der Waals surface area contributed by atoms with Gasteiger partial charge in [-0.2, -0.15) is 5.10 Å². The number of hydrogen-bond donors (Lipinski definition) is 1. The number of pyridine rings is 1. The van der Waals surface area contributed by atoms with Crippen LogP contribution < -0.4 is 4.74 Å². The van der Waals surface area contributed by atoms with E-state index in [2.05, 4.69) is 17.0 Å². The molecule has 94 valence electrons. The summed E-state index contributed by atoms with van der Waals surface area (Å²) in [4.78, 5) is 14.5. The molecule has 0 unspecified atom stereocenters. The Morgan fingerprint density at radius 1 is 1.50 bits per heavy atom. The minimum atomic E-state index is -1.08. The molecule has 0 aliphatic heterocycles. The largest absolute Gasteiger partial charge is 0.477 e. The number of aromatic nitrogens is 3. The maximum atomic E-state index is 10.8. The van der Waals surface area contributed by atoms with Crippen LogP contribution >= 0.6 is 0 Å². The van der Waals surface area contributed by atoms with Crippen molar-refractivity contribution in [3.8, 4) is 11.5 Å². The Morgan fingerprint density at radius 3 is 3.06 bits per heavy atom. The molecule has 1 N–H and O–H groups in total. The third-order valence-corrected chi connectivity index (χ3v) is 2.25. The Kier molecular flexibility index (Phi) is 3.57. The minimum absolute atomic E-state index is 0.0477. The monoisotopic (exact) mass is 247 g/mol. The lowest BCUT2D eigenvalue weighted by molar-refractivity contribution is 0.0690. The third-order valence-electron chi connectivity index (χ3n) is 2.25. The van der Waals surface area contributed by atoms with Crippen LogP contribution in [0.2, 0.25) is 0 Å². The van der Waals surface area contributed by atoms with Crippen LogP contribution in [0.1, 0.15) is 23.8 Å². The van der Waals surface area contributed by atoms with Crippen molar-refractivity contribution >= 4 is 5.97 Å². The smallest absolute Gasteiger partial charge is 0.354 e. The molecular formula is C12H13N3O3. The van der Waals surface area contributed by atoms with Gasteiger partial charge in [-0.1, -0.05) is 6.92 Å². The molecule has 0 atom stereocenters. The van der Waals surface area contributed by atoms with Crippen molar-refractivity contribution in [1.82, 2.24) is 14.8 Å². The molecule has 0 fully saturated rings. The number of carbonyl (C=O) groups is 1. The summed E-state index contributed by atoms with van der Waals surface area (Å²) in [6, 6.07) is 2.98. The van der Waals surface area contributed by atoms with Crippen LogP contribution in [0, 0.1) is 0 Å². The average molecular weight is 247 g/mol. The highest BCUT2D eigenvalue weighted by Gasteiger charge is 2.07. The number of ether oxygens (including phenoxy) is 1. The second kappa shape index (κ2) is 5.31. The van der Waals surface area contributed by atoms with Gasteiger partial charge in [-0.25, -0.2) is 9.78 Å². The molecular weight excluding hydrogens is 234 g/mol. The van der Waals surface area contributed by atoms with Crippen LogP contribution in [-0.4, -0.2) is 25.8 Å². The SMILES string of the molecule is CCCn1cc(Oc2ccnc(C(=O)O)c2)cn1. The van der Waals surface area contributed by atoms with Crippen molar-refractivity contribution in [2.45, 2.75) is 19.9 Å². The lowest BCUT2D eigenvalue weighted by Crippen LogP contribution is -1.99. The van der Waals surface area contributed by atoms with Gasteiger partial charge in [-0.15, -0.1) is 0 Å². The number of nitrogens with zero attached hydrogens (tertiary/aromatic N) is 3. The quantitative estimate of drug-likeness (QED) is 0.876. The Bertz CT molecular complexity index is 551. The van der Waals surface area contributed by atoms with Crippen molar-refractivity contribution in [3.05, 3.63) is 36.4 Å². The van der Waals surface area contributed by atoms with E-state index in [4.69, 9.17) is 9.84 Å². The Balaban J connectivity index is 2.12. The van der Waals surface area contributed by atoms with Gasteiger partial charge in [0, 0.05) is 18.8 Å². The van der Waals surface area contributed by atoms with Crippen molar-refractivity contribution in [2.24, 2.45) is 0 Å². The highest BCUT2D eigenvalue weighted by molar-refractivity contribution is 5.85. The van der Waals surface area contributed by atoms with E-state index in [1.165, 1.54) is 12.3 Å². The number of carboxylic acids is 1. The predicted octanol–water partition coefficient (Wildman–Crippen LogP) is 2.18. The first-order valence-corrected chi connectivity index (χ1v) is 5.58. The zero-order valence-corrected chi connectivity index (χ0v) is 9.91. The van der Waals surface area contributed by atoms with Crippen LogP contribution in [0.5, 0.6) is 11.5 Å². The number of carboxylic acid groups (broad SMARTS) is 1. The van der Waals surface area contributed by atoms with Gasteiger partial charge in [0.15, 0.2) is 11.4 Å². The molecule has 0 spiro atoms. The fraction of sp³-hybridized carbons (Fsp3) is 0.250. The Morgan fingerprint density at radius 2 is 2.33 bits per heavy atom. The summed E-state index contributed by atoms with van der Waals surface area (Å²) in [6.45, 7) is 2.88. The fourth-order valence-electron chi connectivity index (χ4n) is 1.48. The second-order valence-corrected chi connectivity index (χ2v) is 3.72. The minimum Gasteiger partial charge on any atom is -0.477 e. The summed E-state index contributed by atoms with van der Waals surface area (Å²) in [5.41, 5.74) is -0.0477. The highest BCUT2D eigenvalue weighted by atomic mass is 16.5. The normalized spacial score (nSPS) is 10.3. The molecule has 6 nitrogen and oxygen atoms in total. The van der Waals surface area contributed by atoms with E-state index in [1.807, 2.05) is 0 Å². The molecule has 0 amide bonds. The van der Waals surface area contributed by atoms with Crippen LogP contribution in [0.25, 0.3) is 0 Å². The molecule has 2 heterocycles. The summed E-state index contributed by atoms with van der Waals surface area (Å²) < 4.78 is 7.28. The number of aromatic carboxylic acids is 1. The van der Waals surface area contributed by atoms with E-state index in [-0.39, 0.29) is 5.69 Å². The summed E-state index contributed by atoms with van der Waals surface area (Å²) in [5.74, 6) is -0.0773. The fourth-order valence-corrected chi connectivity index (χ4v) is 1.48. The van der Waals surface area contributed by atoms with Gasteiger partial charge in [0.05, 0.1) is 12.4 Å². The van der Waals surface area contributed by atoms with E-state index in [0.29, 0.717) is 11.5 Å². The standard InChI is InChI=1S/C12H13N3O3/c1-2-5-15-8-10(7-14-15)18-9-3-4-13-11(6-9)12(16)17/h3-4,6-8H,2,5H2,1H3,(H,16,17). The first-order chi connectivity index (χ1) is 8.69. The van der Waals surface area contributed by atoms with Gasteiger partial charge in [0.1, 0.15) is 5.75 Å². The number of aryl methyl sites for hydroxylation is 1. The number of rotatable bonds is 5. The molecule has 18 heavy (non-hydrogen) atoms. The van der Waals surface area contributed by atoms with Crippen LogP contribution in [0.3, 0.4) is 0 Å². The summed E-state index contributed by atoms with van der Waals surface area (Å²) in [7, 11) is 0. The van der Waals surface area contributed by atoms with Crippen LogP contribution in [-0.2, 0) is 6.54 Å². The van der Waals surface area contributed by atoms with Crippen LogP contribution in [0.15, 0.2) is 30.7 Å². The van der Waals surface area contributed by atoms with E-state index in [0.717, 1.165) is 13.0 Å². The van der Waals surface area contributed by atoms with E-state index < -0.39 is 5.97 Å². The van der Waals surface area contributed by atoms with Crippen molar-refractivity contribution in [1.29, 1.82) is 0 Å². The summed E-state index contributed by atoms with van der Waals surface area (Å²) in [6.07, 6.45) is 5.75. The zero-order chi connectivity index (χ0) is 13.0. The molecule has 0 bridgehead atoms. The number of hydrogen-bond acceptors (Lipinski definition) is 4. The molecule has 2 rings (SSSR count). The van der Waals surface area contributed by atoms with Crippen LogP contribution in [0.4, 0.5) is 0 Å². The molecule has 0 aromatic carbocycles.